The van der Waals surface area contributed by atoms with Crippen molar-refractivity contribution in [3.05, 3.63) is 30.1 Å². The van der Waals surface area contributed by atoms with Crippen molar-refractivity contribution in [2.24, 2.45) is 0 Å². The van der Waals surface area contributed by atoms with Gasteiger partial charge in [0.05, 0.1) is 12.8 Å². The quantitative estimate of drug-likeness (QED) is 0.750. The predicted octanol–water partition coefficient (Wildman–Crippen LogP) is 1.22. The van der Waals surface area contributed by atoms with Crippen LogP contribution in [0.2, 0.25) is 0 Å². The number of nitrogens with zero attached hydrogens (tertiary/aromatic N) is 2. The van der Waals surface area contributed by atoms with Gasteiger partial charge in [0.2, 0.25) is 0 Å². The Morgan fingerprint density at radius 1 is 1.67 bits per heavy atom. The molecule has 0 saturated heterocycles. The zero-order valence-electron chi connectivity index (χ0n) is 8.17. The Bertz CT molecular complexity index is 504. The van der Waals surface area contributed by atoms with Gasteiger partial charge in [-0.3, -0.25) is 0 Å². The van der Waals surface area contributed by atoms with Crippen LogP contribution in [-0.2, 0) is 4.74 Å². The molecule has 0 aliphatic heterocycles. The van der Waals surface area contributed by atoms with E-state index >= 15 is 0 Å². The number of fused-ring (bicyclic) bond motifs is 1. The molecule has 0 unspecified atom stereocenters. The second kappa shape index (κ2) is 3.61. The molecular formula is C10H10N2O3. The van der Waals surface area contributed by atoms with Crippen molar-refractivity contribution >= 4 is 11.5 Å². The fourth-order valence-electron chi connectivity index (χ4n) is 1.38. The SMILES string of the molecule is CCOC(=O)c1cnn2cccc(O)c12. The molecule has 2 rings (SSSR count). The lowest BCUT2D eigenvalue weighted by atomic mass is 10.2. The normalized spacial score (nSPS) is 10.5. The van der Waals surface area contributed by atoms with Crippen molar-refractivity contribution in [3.8, 4) is 5.75 Å². The van der Waals surface area contributed by atoms with Crippen molar-refractivity contribution in [1.29, 1.82) is 0 Å². The Kier molecular flexibility index (Phi) is 2.29. The summed E-state index contributed by atoms with van der Waals surface area (Å²) in [4.78, 5) is 11.5. The number of aromatic nitrogens is 2. The van der Waals surface area contributed by atoms with Gasteiger partial charge >= 0.3 is 5.97 Å². The first-order chi connectivity index (χ1) is 7.24. The van der Waals surface area contributed by atoms with Gasteiger partial charge in [0.1, 0.15) is 16.8 Å². The van der Waals surface area contributed by atoms with Crippen LogP contribution in [0.25, 0.3) is 5.52 Å². The molecule has 0 aromatic carbocycles. The second-order valence-electron chi connectivity index (χ2n) is 2.97. The van der Waals surface area contributed by atoms with Gasteiger partial charge in [0.25, 0.3) is 0 Å². The van der Waals surface area contributed by atoms with Crippen LogP contribution in [0.15, 0.2) is 24.5 Å². The summed E-state index contributed by atoms with van der Waals surface area (Å²) in [6, 6.07) is 3.14. The molecule has 5 nitrogen and oxygen atoms in total. The molecular weight excluding hydrogens is 196 g/mol. The number of hydrogen-bond acceptors (Lipinski definition) is 4. The van der Waals surface area contributed by atoms with E-state index in [4.69, 9.17) is 4.74 Å². The van der Waals surface area contributed by atoms with Gasteiger partial charge in [0.15, 0.2) is 0 Å². The monoisotopic (exact) mass is 206 g/mol. The number of carbonyl (C=O) groups is 1. The maximum atomic E-state index is 11.5. The van der Waals surface area contributed by atoms with E-state index < -0.39 is 5.97 Å². The molecule has 0 radical (unpaired) electrons. The van der Waals surface area contributed by atoms with E-state index in [2.05, 4.69) is 5.10 Å². The lowest BCUT2D eigenvalue weighted by molar-refractivity contribution is 0.0528. The summed E-state index contributed by atoms with van der Waals surface area (Å²) in [5.74, 6) is -0.466. The first-order valence-electron chi connectivity index (χ1n) is 4.56. The summed E-state index contributed by atoms with van der Waals surface area (Å²) in [6.07, 6.45) is 3.03. The number of hydrogen-bond donors (Lipinski definition) is 1. The van der Waals surface area contributed by atoms with Crippen molar-refractivity contribution in [2.45, 2.75) is 6.92 Å². The summed E-state index contributed by atoms with van der Waals surface area (Å²) in [7, 11) is 0. The van der Waals surface area contributed by atoms with Crippen LogP contribution >= 0.6 is 0 Å². The molecule has 0 bridgehead atoms. The highest BCUT2D eigenvalue weighted by Crippen LogP contribution is 2.21. The fraction of sp³-hybridized carbons (Fsp3) is 0.200. The molecule has 15 heavy (non-hydrogen) atoms. The summed E-state index contributed by atoms with van der Waals surface area (Å²) in [5, 5.41) is 13.5. The first kappa shape index (κ1) is 9.51. The zero-order valence-corrected chi connectivity index (χ0v) is 8.17. The summed E-state index contributed by atoms with van der Waals surface area (Å²) in [5.41, 5.74) is 0.644. The maximum Gasteiger partial charge on any atom is 0.342 e. The largest absolute Gasteiger partial charge is 0.506 e. The van der Waals surface area contributed by atoms with Crippen LogP contribution in [0.3, 0.4) is 0 Å². The highest BCUT2D eigenvalue weighted by molar-refractivity contribution is 5.98. The van der Waals surface area contributed by atoms with Gasteiger partial charge in [-0.25, -0.2) is 9.31 Å². The van der Waals surface area contributed by atoms with Crippen LogP contribution in [0.5, 0.6) is 5.75 Å². The molecule has 0 saturated carbocycles. The van der Waals surface area contributed by atoms with E-state index in [0.717, 1.165) is 0 Å². The van der Waals surface area contributed by atoms with E-state index in [0.29, 0.717) is 12.1 Å². The zero-order chi connectivity index (χ0) is 10.8. The van der Waals surface area contributed by atoms with E-state index in [-0.39, 0.29) is 11.3 Å². The number of pyridine rings is 1. The molecule has 0 atom stereocenters. The summed E-state index contributed by atoms with van der Waals surface area (Å²) >= 11 is 0. The standard InChI is InChI=1S/C10H10N2O3/c1-2-15-10(14)7-6-11-12-5-3-4-8(13)9(7)12/h3-6,13H,2H2,1H3. The average Bonchev–Trinajstić information content (AvgIpc) is 2.63. The van der Waals surface area contributed by atoms with Crippen molar-refractivity contribution in [2.75, 3.05) is 6.61 Å². The highest BCUT2D eigenvalue weighted by Gasteiger charge is 2.15. The van der Waals surface area contributed by atoms with Crippen LogP contribution in [0, 0.1) is 0 Å². The molecule has 0 spiro atoms. The second-order valence-corrected chi connectivity index (χ2v) is 2.97. The summed E-state index contributed by atoms with van der Waals surface area (Å²) in [6.45, 7) is 2.02. The average molecular weight is 206 g/mol. The molecule has 0 fully saturated rings. The molecule has 1 N–H and O–H groups in total. The Morgan fingerprint density at radius 3 is 3.20 bits per heavy atom. The fourth-order valence-corrected chi connectivity index (χ4v) is 1.38. The van der Waals surface area contributed by atoms with Gasteiger partial charge in [-0.1, -0.05) is 0 Å². The number of carbonyl (C=O) groups excluding carboxylic acids is 1. The first-order valence-corrected chi connectivity index (χ1v) is 4.56. The van der Waals surface area contributed by atoms with Crippen molar-refractivity contribution in [3.63, 3.8) is 0 Å². The van der Waals surface area contributed by atoms with Gasteiger partial charge in [-0.15, -0.1) is 0 Å². The van der Waals surface area contributed by atoms with Crippen LogP contribution in [0.4, 0.5) is 0 Å². The minimum Gasteiger partial charge on any atom is -0.506 e. The number of ether oxygens (including phenoxy) is 1. The van der Waals surface area contributed by atoms with E-state index in [1.54, 1.807) is 19.2 Å². The number of rotatable bonds is 2. The van der Waals surface area contributed by atoms with E-state index in [1.807, 2.05) is 0 Å². The van der Waals surface area contributed by atoms with E-state index in [1.165, 1.54) is 16.8 Å². The molecule has 0 aliphatic rings. The Labute approximate surface area is 85.9 Å². The Hall–Kier alpha value is -2.04. The summed E-state index contributed by atoms with van der Waals surface area (Å²) < 4.78 is 6.28. The molecule has 2 aromatic rings. The molecule has 78 valence electrons. The van der Waals surface area contributed by atoms with Gasteiger partial charge in [-0.05, 0) is 19.1 Å². The van der Waals surface area contributed by atoms with Gasteiger partial charge < -0.3 is 9.84 Å². The van der Waals surface area contributed by atoms with Crippen LogP contribution in [-0.4, -0.2) is 27.3 Å². The van der Waals surface area contributed by atoms with Crippen molar-refractivity contribution in [1.82, 2.24) is 9.61 Å². The maximum absolute atomic E-state index is 11.5. The number of aromatic hydroxyl groups is 1. The smallest absolute Gasteiger partial charge is 0.342 e. The number of esters is 1. The molecule has 5 heteroatoms. The molecule has 2 heterocycles. The Morgan fingerprint density at radius 2 is 2.47 bits per heavy atom. The van der Waals surface area contributed by atoms with Crippen molar-refractivity contribution < 1.29 is 14.6 Å². The van der Waals surface area contributed by atoms with E-state index in [9.17, 15) is 9.90 Å². The molecule has 0 aliphatic carbocycles. The third kappa shape index (κ3) is 1.52. The Balaban J connectivity index is 2.57. The topological polar surface area (TPSA) is 63.8 Å². The van der Waals surface area contributed by atoms with Crippen LogP contribution < -0.4 is 0 Å². The lowest BCUT2D eigenvalue weighted by Crippen LogP contribution is -2.04. The highest BCUT2D eigenvalue weighted by atomic mass is 16.5. The molecule has 2 aromatic heterocycles. The van der Waals surface area contributed by atoms with Gasteiger partial charge in [0, 0.05) is 6.20 Å². The third-order valence-corrected chi connectivity index (χ3v) is 2.01. The molecule has 0 amide bonds. The van der Waals surface area contributed by atoms with Gasteiger partial charge in [-0.2, -0.15) is 5.10 Å². The third-order valence-electron chi connectivity index (χ3n) is 2.01. The predicted molar refractivity (Wildman–Crippen MR) is 52.8 cm³/mol. The minimum absolute atomic E-state index is 0.0121. The lowest BCUT2D eigenvalue weighted by Gasteiger charge is -2.00. The van der Waals surface area contributed by atoms with Crippen LogP contribution in [0.1, 0.15) is 17.3 Å². The minimum atomic E-state index is -0.478.